The highest BCUT2D eigenvalue weighted by Gasteiger charge is 2.26. The van der Waals surface area contributed by atoms with Crippen LogP contribution in [-0.2, 0) is 26.1 Å². The van der Waals surface area contributed by atoms with Gasteiger partial charge in [0.05, 0.1) is 4.90 Å². The third kappa shape index (κ3) is 5.02. The van der Waals surface area contributed by atoms with E-state index in [0.29, 0.717) is 44.0 Å². The SMILES string of the molecule is COCCCC(=O)NCc1ccc(S(=O)(=O)N2CCCC2)cc1. The Morgan fingerprint density at radius 1 is 1.22 bits per heavy atom. The Morgan fingerprint density at radius 3 is 2.48 bits per heavy atom. The normalized spacial score (nSPS) is 15.7. The van der Waals surface area contributed by atoms with Crippen LogP contribution in [0.5, 0.6) is 0 Å². The van der Waals surface area contributed by atoms with Gasteiger partial charge in [0.2, 0.25) is 15.9 Å². The van der Waals surface area contributed by atoms with E-state index in [9.17, 15) is 13.2 Å². The number of benzene rings is 1. The number of methoxy groups -OCH3 is 1. The number of amides is 1. The van der Waals surface area contributed by atoms with Crippen molar-refractivity contribution in [2.24, 2.45) is 0 Å². The average molecular weight is 340 g/mol. The Bertz CT molecular complexity index is 607. The zero-order valence-corrected chi connectivity index (χ0v) is 14.3. The molecule has 1 aromatic rings. The third-order valence-electron chi connectivity index (χ3n) is 3.87. The summed E-state index contributed by atoms with van der Waals surface area (Å²) >= 11 is 0. The van der Waals surface area contributed by atoms with Crippen LogP contribution in [0, 0.1) is 0 Å². The maximum atomic E-state index is 12.4. The zero-order valence-electron chi connectivity index (χ0n) is 13.5. The maximum Gasteiger partial charge on any atom is 0.243 e. The van der Waals surface area contributed by atoms with Gasteiger partial charge in [-0.3, -0.25) is 4.79 Å². The summed E-state index contributed by atoms with van der Waals surface area (Å²) in [5.41, 5.74) is 0.880. The van der Waals surface area contributed by atoms with Crippen LogP contribution in [0.3, 0.4) is 0 Å². The van der Waals surface area contributed by atoms with Crippen LogP contribution in [0.15, 0.2) is 29.2 Å². The number of ether oxygens (including phenoxy) is 1. The topological polar surface area (TPSA) is 75.7 Å². The molecule has 0 radical (unpaired) electrons. The number of nitrogens with zero attached hydrogens (tertiary/aromatic N) is 1. The highest BCUT2D eigenvalue weighted by Crippen LogP contribution is 2.21. The van der Waals surface area contributed by atoms with E-state index >= 15 is 0 Å². The second-order valence-corrected chi connectivity index (χ2v) is 7.57. The molecular formula is C16H24N2O4S. The van der Waals surface area contributed by atoms with Crippen LogP contribution in [0.1, 0.15) is 31.2 Å². The second-order valence-electron chi connectivity index (χ2n) is 5.63. The number of sulfonamides is 1. The van der Waals surface area contributed by atoms with Gasteiger partial charge in [0.25, 0.3) is 0 Å². The number of carbonyl (C=O) groups is 1. The molecule has 0 bridgehead atoms. The van der Waals surface area contributed by atoms with Crippen LogP contribution >= 0.6 is 0 Å². The highest BCUT2D eigenvalue weighted by molar-refractivity contribution is 7.89. The van der Waals surface area contributed by atoms with Crippen molar-refractivity contribution in [3.63, 3.8) is 0 Å². The molecule has 1 fully saturated rings. The molecule has 6 nitrogen and oxygen atoms in total. The van der Waals surface area contributed by atoms with Gasteiger partial charge in [-0.05, 0) is 37.0 Å². The van der Waals surface area contributed by atoms with Crippen LogP contribution in [0.25, 0.3) is 0 Å². The minimum Gasteiger partial charge on any atom is -0.385 e. The number of nitrogens with one attached hydrogen (secondary N) is 1. The molecule has 1 heterocycles. The molecule has 1 aliphatic rings. The fraction of sp³-hybridized carbons (Fsp3) is 0.562. The van der Waals surface area contributed by atoms with Crippen LogP contribution in [0.2, 0.25) is 0 Å². The van der Waals surface area contributed by atoms with Crippen LogP contribution in [-0.4, -0.2) is 45.4 Å². The molecule has 7 heteroatoms. The van der Waals surface area contributed by atoms with Crippen molar-refractivity contribution in [2.45, 2.75) is 37.1 Å². The molecule has 1 saturated heterocycles. The Labute approximate surface area is 137 Å². The van der Waals surface area contributed by atoms with Crippen molar-refractivity contribution in [1.82, 2.24) is 9.62 Å². The zero-order chi connectivity index (χ0) is 16.7. The Kier molecular flexibility index (Phi) is 6.56. The lowest BCUT2D eigenvalue weighted by Crippen LogP contribution is -2.28. The quantitative estimate of drug-likeness (QED) is 0.728. The molecule has 0 unspecified atom stereocenters. The lowest BCUT2D eigenvalue weighted by atomic mass is 10.2. The number of hydrogen-bond acceptors (Lipinski definition) is 4. The van der Waals surface area contributed by atoms with Gasteiger partial charge < -0.3 is 10.1 Å². The molecule has 0 aromatic heterocycles. The monoisotopic (exact) mass is 340 g/mol. The molecule has 0 spiro atoms. The van der Waals surface area contributed by atoms with Crippen molar-refractivity contribution in [3.8, 4) is 0 Å². The van der Waals surface area contributed by atoms with Crippen molar-refractivity contribution in [2.75, 3.05) is 26.8 Å². The molecule has 23 heavy (non-hydrogen) atoms. The van der Waals surface area contributed by atoms with E-state index in [1.54, 1.807) is 31.4 Å². The number of carbonyl (C=O) groups excluding carboxylic acids is 1. The number of rotatable bonds is 8. The summed E-state index contributed by atoms with van der Waals surface area (Å²) in [5, 5.41) is 2.82. The summed E-state index contributed by atoms with van der Waals surface area (Å²) < 4.78 is 31.2. The van der Waals surface area contributed by atoms with Gasteiger partial charge in [0.15, 0.2) is 0 Å². The summed E-state index contributed by atoms with van der Waals surface area (Å²) in [6.07, 6.45) is 2.96. The van der Waals surface area contributed by atoms with E-state index in [4.69, 9.17) is 4.74 Å². The smallest absolute Gasteiger partial charge is 0.243 e. The fourth-order valence-corrected chi connectivity index (χ4v) is 4.04. The molecular weight excluding hydrogens is 316 g/mol. The van der Waals surface area contributed by atoms with Gasteiger partial charge in [-0.25, -0.2) is 8.42 Å². The summed E-state index contributed by atoms with van der Waals surface area (Å²) in [6.45, 7) is 2.16. The first-order valence-electron chi connectivity index (χ1n) is 7.89. The van der Waals surface area contributed by atoms with Crippen molar-refractivity contribution < 1.29 is 17.9 Å². The number of hydrogen-bond donors (Lipinski definition) is 1. The van der Waals surface area contributed by atoms with Crippen molar-refractivity contribution in [3.05, 3.63) is 29.8 Å². The van der Waals surface area contributed by atoms with E-state index in [1.807, 2.05) is 0 Å². The standard InChI is InChI=1S/C16H24N2O4S/c1-22-12-4-5-16(19)17-13-14-6-8-15(9-7-14)23(20,21)18-10-2-3-11-18/h6-9H,2-5,10-13H2,1H3,(H,17,19). The second kappa shape index (κ2) is 8.42. The molecule has 1 aliphatic heterocycles. The predicted octanol–water partition coefficient (Wildman–Crippen LogP) is 1.51. The molecule has 0 saturated carbocycles. The summed E-state index contributed by atoms with van der Waals surface area (Å²) in [5.74, 6) is -0.0317. The largest absolute Gasteiger partial charge is 0.385 e. The minimum absolute atomic E-state index is 0.0317. The molecule has 0 aliphatic carbocycles. The van der Waals surface area contributed by atoms with E-state index in [2.05, 4.69) is 5.32 Å². The van der Waals surface area contributed by atoms with Gasteiger partial charge in [-0.15, -0.1) is 0 Å². The molecule has 2 rings (SSSR count). The van der Waals surface area contributed by atoms with Crippen LogP contribution < -0.4 is 5.32 Å². The van der Waals surface area contributed by atoms with Gasteiger partial charge >= 0.3 is 0 Å². The first kappa shape index (κ1) is 17.9. The minimum atomic E-state index is -3.37. The molecule has 1 amide bonds. The summed E-state index contributed by atoms with van der Waals surface area (Å²) in [6, 6.07) is 6.72. The Balaban J connectivity index is 1.88. The van der Waals surface area contributed by atoms with Gasteiger partial charge in [0.1, 0.15) is 0 Å². The van der Waals surface area contributed by atoms with Gasteiger partial charge in [0, 0.05) is 39.8 Å². The first-order chi connectivity index (χ1) is 11.0. The Morgan fingerprint density at radius 2 is 1.87 bits per heavy atom. The van der Waals surface area contributed by atoms with E-state index in [-0.39, 0.29) is 5.91 Å². The van der Waals surface area contributed by atoms with E-state index in [1.165, 1.54) is 4.31 Å². The van der Waals surface area contributed by atoms with Crippen LogP contribution in [0.4, 0.5) is 0 Å². The van der Waals surface area contributed by atoms with E-state index in [0.717, 1.165) is 18.4 Å². The molecule has 1 aromatic carbocycles. The summed E-state index contributed by atoms with van der Waals surface area (Å²) in [4.78, 5) is 11.9. The molecule has 1 N–H and O–H groups in total. The fourth-order valence-electron chi connectivity index (χ4n) is 2.52. The highest BCUT2D eigenvalue weighted by atomic mass is 32.2. The van der Waals surface area contributed by atoms with Crippen molar-refractivity contribution >= 4 is 15.9 Å². The lowest BCUT2D eigenvalue weighted by molar-refractivity contribution is -0.121. The predicted molar refractivity (Wildman–Crippen MR) is 87.4 cm³/mol. The van der Waals surface area contributed by atoms with Gasteiger partial charge in [-0.1, -0.05) is 12.1 Å². The summed E-state index contributed by atoms with van der Waals surface area (Å²) in [7, 11) is -1.76. The van der Waals surface area contributed by atoms with Gasteiger partial charge in [-0.2, -0.15) is 4.31 Å². The maximum absolute atomic E-state index is 12.4. The molecule has 0 atom stereocenters. The third-order valence-corrected chi connectivity index (χ3v) is 5.78. The Hall–Kier alpha value is -1.44. The average Bonchev–Trinajstić information content (AvgIpc) is 3.09. The van der Waals surface area contributed by atoms with E-state index < -0.39 is 10.0 Å². The lowest BCUT2D eigenvalue weighted by Gasteiger charge is -2.15. The first-order valence-corrected chi connectivity index (χ1v) is 9.33. The van der Waals surface area contributed by atoms with Crippen molar-refractivity contribution in [1.29, 1.82) is 0 Å². The molecule has 128 valence electrons.